The smallest absolute Gasteiger partial charge is 0.335 e. The first kappa shape index (κ1) is 21.5. The summed E-state index contributed by atoms with van der Waals surface area (Å²) in [5.74, 6) is 1.24. The highest BCUT2D eigenvalue weighted by molar-refractivity contribution is 5.87. The number of carbonyl (C=O) groups is 1. The molecule has 2 fully saturated rings. The summed E-state index contributed by atoms with van der Waals surface area (Å²) in [6.45, 7) is 5.68. The molecule has 0 radical (unpaired) electrons. The standard InChI is InChI=1S/C24H28N6O3/c1-28-11-13-29(14-12-28)21-9-8-19(15-25-21)22-26-23(33-27-22)20-3-2-10-30(20)16-17-4-6-18(7-5-17)24(31)32/h4-9,15,20H,2-3,10-14,16H2,1H3,(H,31,32)/t20-/m0/s1. The number of piperazine rings is 1. The lowest BCUT2D eigenvalue weighted by atomic mass is 10.1. The molecule has 0 aliphatic carbocycles. The Bertz CT molecular complexity index is 1090. The van der Waals surface area contributed by atoms with Crippen LogP contribution in [0.25, 0.3) is 11.4 Å². The molecule has 0 unspecified atom stereocenters. The maximum atomic E-state index is 11.1. The summed E-state index contributed by atoms with van der Waals surface area (Å²) in [4.78, 5) is 27.3. The van der Waals surface area contributed by atoms with E-state index in [4.69, 9.17) is 9.63 Å². The lowest BCUT2D eigenvalue weighted by Gasteiger charge is -2.33. The predicted molar refractivity (Wildman–Crippen MR) is 123 cm³/mol. The Kier molecular flexibility index (Phi) is 6.06. The molecule has 0 bridgehead atoms. The molecule has 2 saturated heterocycles. The minimum Gasteiger partial charge on any atom is -0.478 e. The van der Waals surface area contributed by atoms with Gasteiger partial charge in [0.25, 0.3) is 0 Å². The summed E-state index contributed by atoms with van der Waals surface area (Å²) < 4.78 is 5.66. The fourth-order valence-electron chi connectivity index (χ4n) is 4.51. The van der Waals surface area contributed by atoms with Crippen molar-refractivity contribution >= 4 is 11.8 Å². The van der Waals surface area contributed by atoms with Crippen molar-refractivity contribution in [1.29, 1.82) is 0 Å². The molecule has 0 amide bonds. The van der Waals surface area contributed by atoms with Crippen molar-refractivity contribution in [3.05, 3.63) is 59.6 Å². The first-order valence-electron chi connectivity index (χ1n) is 11.4. The summed E-state index contributed by atoms with van der Waals surface area (Å²) in [6.07, 6.45) is 3.82. The lowest BCUT2D eigenvalue weighted by Crippen LogP contribution is -2.44. The molecule has 33 heavy (non-hydrogen) atoms. The van der Waals surface area contributed by atoms with E-state index in [2.05, 4.69) is 36.9 Å². The second-order valence-electron chi connectivity index (χ2n) is 8.78. The van der Waals surface area contributed by atoms with Crippen molar-refractivity contribution in [3.8, 4) is 11.4 Å². The number of rotatable bonds is 6. The highest BCUT2D eigenvalue weighted by atomic mass is 16.5. The molecular formula is C24H28N6O3. The molecule has 3 aromatic rings. The SMILES string of the molecule is CN1CCN(c2ccc(-c3noc([C@@H]4CCCN4Cc4ccc(C(=O)O)cc4)n3)cn2)CC1. The van der Waals surface area contributed by atoms with Crippen molar-refractivity contribution in [3.63, 3.8) is 0 Å². The van der Waals surface area contributed by atoms with Crippen LogP contribution in [-0.4, -0.2) is 75.8 Å². The van der Waals surface area contributed by atoms with E-state index in [9.17, 15) is 4.79 Å². The van der Waals surface area contributed by atoms with Gasteiger partial charge in [-0.15, -0.1) is 0 Å². The van der Waals surface area contributed by atoms with Gasteiger partial charge in [-0.3, -0.25) is 4.90 Å². The summed E-state index contributed by atoms with van der Waals surface area (Å²) in [5, 5.41) is 13.3. The van der Waals surface area contributed by atoms with Crippen LogP contribution in [-0.2, 0) is 6.54 Å². The second kappa shape index (κ2) is 9.29. The van der Waals surface area contributed by atoms with Gasteiger partial charge in [0, 0.05) is 44.5 Å². The van der Waals surface area contributed by atoms with E-state index in [1.54, 1.807) is 12.1 Å². The first-order valence-corrected chi connectivity index (χ1v) is 11.4. The largest absolute Gasteiger partial charge is 0.478 e. The highest BCUT2D eigenvalue weighted by Gasteiger charge is 2.31. The van der Waals surface area contributed by atoms with Gasteiger partial charge in [-0.1, -0.05) is 17.3 Å². The Labute approximate surface area is 192 Å². The Morgan fingerprint density at radius 2 is 1.88 bits per heavy atom. The molecule has 1 atom stereocenters. The molecule has 2 aromatic heterocycles. The molecule has 1 N–H and O–H groups in total. The number of hydrogen-bond donors (Lipinski definition) is 1. The van der Waals surface area contributed by atoms with Gasteiger partial charge in [-0.05, 0) is 56.3 Å². The third-order valence-electron chi connectivity index (χ3n) is 6.51. The van der Waals surface area contributed by atoms with E-state index < -0.39 is 5.97 Å². The molecule has 9 heteroatoms. The van der Waals surface area contributed by atoms with Crippen LogP contribution >= 0.6 is 0 Å². The fraction of sp³-hybridized carbons (Fsp3) is 0.417. The normalized spacial score (nSPS) is 19.8. The monoisotopic (exact) mass is 448 g/mol. The van der Waals surface area contributed by atoms with Crippen LogP contribution in [0.3, 0.4) is 0 Å². The third kappa shape index (κ3) is 4.74. The van der Waals surface area contributed by atoms with Crippen LogP contribution in [0.4, 0.5) is 5.82 Å². The van der Waals surface area contributed by atoms with E-state index in [-0.39, 0.29) is 6.04 Å². The third-order valence-corrected chi connectivity index (χ3v) is 6.51. The van der Waals surface area contributed by atoms with Crippen LogP contribution in [0.15, 0.2) is 47.1 Å². The number of nitrogens with zero attached hydrogens (tertiary/aromatic N) is 6. The quantitative estimate of drug-likeness (QED) is 0.610. The van der Waals surface area contributed by atoms with Crippen LogP contribution in [0.5, 0.6) is 0 Å². The summed E-state index contributed by atoms with van der Waals surface area (Å²) in [7, 11) is 2.14. The van der Waals surface area contributed by atoms with E-state index in [0.717, 1.165) is 62.5 Å². The fourth-order valence-corrected chi connectivity index (χ4v) is 4.51. The zero-order valence-electron chi connectivity index (χ0n) is 18.7. The Morgan fingerprint density at radius 3 is 2.58 bits per heavy atom. The van der Waals surface area contributed by atoms with Crippen LogP contribution in [0.1, 0.15) is 40.7 Å². The number of anilines is 1. The number of benzene rings is 1. The zero-order valence-corrected chi connectivity index (χ0v) is 18.7. The summed E-state index contributed by atoms with van der Waals surface area (Å²) in [6, 6.07) is 11.1. The van der Waals surface area contributed by atoms with E-state index >= 15 is 0 Å². The van der Waals surface area contributed by atoms with Gasteiger partial charge in [0.1, 0.15) is 5.82 Å². The predicted octanol–water partition coefficient (Wildman–Crippen LogP) is 2.92. The van der Waals surface area contributed by atoms with Gasteiger partial charge < -0.3 is 19.4 Å². The Balaban J connectivity index is 1.26. The number of aromatic carboxylic acids is 1. The number of aromatic nitrogens is 3. The van der Waals surface area contributed by atoms with Gasteiger partial charge >= 0.3 is 5.97 Å². The average molecular weight is 449 g/mol. The minimum absolute atomic E-state index is 0.0583. The number of pyridine rings is 1. The van der Waals surface area contributed by atoms with Crippen molar-refractivity contribution in [1.82, 2.24) is 24.9 Å². The maximum absolute atomic E-state index is 11.1. The molecular weight excluding hydrogens is 420 g/mol. The minimum atomic E-state index is -0.912. The topological polar surface area (TPSA) is 98.8 Å². The molecule has 4 heterocycles. The molecule has 0 spiro atoms. The number of likely N-dealkylation sites (tertiary alicyclic amines) is 1. The number of carboxylic acid groups (broad SMARTS) is 1. The molecule has 0 saturated carbocycles. The highest BCUT2D eigenvalue weighted by Crippen LogP contribution is 2.33. The molecule has 1 aromatic carbocycles. The van der Waals surface area contributed by atoms with Gasteiger partial charge in [-0.2, -0.15) is 4.98 Å². The molecule has 2 aliphatic rings. The first-order chi connectivity index (χ1) is 16.1. The van der Waals surface area contributed by atoms with Crippen molar-refractivity contribution in [2.24, 2.45) is 0 Å². The summed E-state index contributed by atoms with van der Waals surface area (Å²) >= 11 is 0. The van der Waals surface area contributed by atoms with E-state index in [1.165, 1.54) is 0 Å². The van der Waals surface area contributed by atoms with Crippen LogP contribution < -0.4 is 4.90 Å². The molecule has 9 nitrogen and oxygen atoms in total. The van der Waals surface area contributed by atoms with Gasteiger partial charge in [0.05, 0.1) is 11.6 Å². The van der Waals surface area contributed by atoms with Gasteiger partial charge in [-0.25, -0.2) is 9.78 Å². The molecule has 5 rings (SSSR count). The van der Waals surface area contributed by atoms with E-state index in [1.807, 2.05) is 30.5 Å². The Morgan fingerprint density at radius 1 is 1.09 bits per heavy atom. The molecule has 2 aliphatic heterocycles. The Hall–Kier alpha value is -3.30. The second-order valence-corrected chi connectivity index (χ2v) is 8.78. The summed E-state index contributed by atoms with van der Waals surface area (Å²) in [5.41, 5.74) is 2.21. The number of hydrogen-bond acceptors (Lipinski definition) is 8. The zero-order chi connectivity index (χ0) is 22.8. The van der Waals surface area contributed by atoms with Gasteiger partial charge in [0.2, 0.25) is 11.7 Å². The van der Waals surface area contributed by atoms with Crippen molar-refractivity contribution in [2.45, 2.75) is 25.4 Å². The number of carboxylic acids is 1. The van der Waals surface area contributed by atoms with Crippen LogP contribution in [0, 0.1) is 0 Å². The van der Waals surface area contributed by atoms with Crippen molar-refractivity contribution in [2.75, 3.05) is 44.7 Å². The lowest BCUT2D eigenvalue weighted by molar-refractivity contribution is 0.0697. The van der Waals surface area contributed by atoms with Gasteiger partial charge in [0.15, 0.2) is 0 Å². The number of likely N-dealkylation sites (N-methyl/N-ethyl adjacent to an activating group) is 1. The average Bonchev–Trinajstić information content (AvgIpc) is 3.50. The van der Waals surface area contributed by atoms with Crippen molar-refractivity contribution < 1.29 is 14.4 Å². The van der Waals surface area contributed by atoms with Crippen LogP contribution in [0.2, 0.25) is 0 Å². The molecule has 172 valence electrons. The van der Waals surface area contributed by atoms with E-state index in [0.29, 0.717) is 23.8 Å². The maximum Gasteiger partial charge on any atom is 0.335 e.